The van der Waals surface area contributed by atoms with Crippen molar-refractivity contribution in [3.05, 3.63) is 29.3 Å². The van der Waals surface area contributed by atoms with Gasteiger partial charge in [0.05, 0.1) is 6.61 Å². The smallest absolute Gasteiger partial charge is 0.123 e. The first-order valence-corrected chi connectivity index (χ1v) is 7.87. The van der Waals surface area contributed by atoms with Crippen LogP contribution in [0, 0.1) is 11.8 Å². The Hall–Kier alpha value is -1.02. The Kier molecular flexibility index (Phi) is 4.43. The Morgan fingerprint density at radius 1 is 1.25 bits per heavy atom. The zero-order valence-corrected chi connectivity index (χ0v) is 13.8. The standard InChI is InChI=1S/C18H29NO/c1-7-19-17(13(4)12(2)3)14-8-9-16-15(10-14)18(5,6)11-20-16/h8-10,12-13,17,19H,7,11H2,1-6H3. The number of fused-ring (bicyclic) bond motifs is 1. The van der Waals surface area contributed by atoms with Gasteiger partial charge in [-0.15, -0.1) is 0 Å². The van der Waals surface area contributed by atoms with E-state index >= 15 is 0 Å². The topological polar surface area (TPSA) is 21.3 Å². The summed E-state index contributed by atoms with van der Waals surface area (Å²) in [5, 5.41) is 3.66. The molecular weight excluding hydrogens is 246 g/mol. The van der Waals surface area contributed by atoms with Gasteiger partial charge in [0.15, 0.2) is 0 Å². The van der Waals surface area contributed by atoms with E-state index in [9.17, 15) is 0 Å². The third-order valence-electron chi connectivity index (χ3n) is 4.68. The van der Waals surface area contributed by atoms with Crippen LogP contribution >= 0.6 is 0 Å². The summed E-state index contributed by atoms with van der Waals surface area (Å²) >= 11 is 0. The van der Waals surface area contributed by atoms with Crippen LogP contribution in [0.15, 0.2) is 18.2 Å². The van der Waals surface area contributed by atoms with Crippen LogP contribution in [0.2, 0.25) is 0 Å². The van der Waals surface area contributed by atoms with E-state index in [4.69, 9.17) is 4.74 Å². The summed E-state index contributed by atoms with van der Waals surface area (Å²) in [6.07, 6.45) is 0. The zero-order valence-electron chi connectivity index (χ0n) is 13.8. The van der Waals surface area contributed by atoms with E-state index in [1.54, 1.807) is 0 Å². The summed E-state index contributed by atoms with van der Waals surface area (Å²) in [5.41, 5.74) is 2.88. The fraction of sp³-hybridized carbons (Fsp3) is 0.667. The van der Waals surface area contributed by atoms with Gasteiger partial charge in [0, 0.05) is 17.0 Å². The molecule has 112 valence electrons. The molecule has 2 rings (SSSR count). The quantitative estimate of drug-likeness (QED) is 0.865. The van der Waals surface area contributed by atoms with E-state index in [2.05, 4.69) is 65.1 Å². The fourth-order valence-electron chi connectivity index (χ4n) is 2.94. The Balaban J connectivity index is 2.36. The van der Waals surface area contributed by atoms with Crippen molar-refractivity contribution in [1.29, 1.82) is 0 Å². The molecule has 1 aromatic rings. The molecule has 0 fully saturated rings. The van der Waals surface area contributed by atoms with Gasteiger partial charge in [0.2, 0.25) is 0 Å². The first-order valence-electron chi connectivity index (χ1n) is 7.87. The van der Waals surface area contributed by atoms with Crippen molar-refractivity contribution in [2.75, 3.05) is 13.2 Å². The maximum absolute atomic E-state index is 5.80. The second-order valence-electron chi connectivity index (χ2n) is 7.07. The van der Waals surface area contributed by atoms with E-state index in [1.807, 2.05) is 0 Å². The average Bonchev–Trinajstić information content (AvgIpc) is 2.71. The summed E-state index contributed by atoms with van der Waals surface area (Å²) < 4.78 is 5.80. The molecule has 0 saturated carbocycles. The van der Waals surface area contributed by atoms with Crippen molar-refractivity contribution in [1.82, 2.24) is 5.32 Å². The lowest BCUT2D eigenvalue weighted by atomic mass is 9.82. The van der Waals surface area contributed by atoms with E-state index in [0.29, 0.717) is 17.9 Å². The molecule has 1 aliphatic rings. The molecule has 1 N–H and O–H groups in total. The van der Waals surface area contributed by atoms with Gasteiger partial charge in [0.1, 0.15) is 5.75 Å². The van der Waals surface area contributed by atoms with E-state index in [1.165, 1.54) is 11.1 Å². The number of hydrogen-bond acceptors (Lipinski definition) is 2. The fourth-order valence-corrected chi connectivity index (χ4v) is 2.94. The van der Waals surface area contributed by atoms with Gasteiger partial charge in [-0.25, -0.2) is 0 Å². The first-order chi connectivity index (χ1) is 9.36. The van der Waals surface area contributed by atoms with Crippen LogP contribution in [0.5, 0.6) is 5.75 Å². The van der Waals surface area contributed by atoms with E-state index in [-0.39, 0.29) is 5.41 Å². The van der Waals surface area contributed by atoms with Gasteiger partial charge in [0.25, 0.3) is 0 Å². The SMILES string of the molecule is CCNC(c1ccc2c(c1)C(C)(C)CO2)C(C)C(C)C. The van der Waals surface area contributed by atoms with Crippen LogP contribution in [0.3, 0.4) is 0 Å². The van der Waals surface area contributed by atoms with Crippen molar-refractivity contribution < 1.29 is 4.74 Å². The molecule has 0 bridgehead atoms. The third-order valence-corrected chi connectivity index (χ3v) is 4.68. The maximum Gasteiger partial charge on any atom is 0.123 e. The highest BCUT2D eigenvalue weighted by Crippen LogP contribution is 2.40. The second kappa shape index (κ2) is 5.77. The molecule has 2 nitrogen and oxygen atoms in total. The van der Waals surface area contributed by atoms with Gasteiger partial charge in [-0.05, 0) is 36.1 Å². The monoisotopic (exact) mass is 275 g/mol. The number of rotatable bonds is 5. The highest BCUT2D eigenvalue weighted by molar-refractivity contribution is 5.46. The average molecular weight is 275 g/mol. The molecule has 0 spiro atoms. The highest BCUT2D eigenvalue weighted by atomic mass is 16.5. The predicted octanol–water partition coefficient (Wildman–Crippen LogP) is 4.30. The van der Waals surface area contributed by atoms with Crippen LogP contribution in [0.25, 0.3) is 0 Å². The van der Waals surface area contributed by atoms with Crippen molar-refractivity contribution in [2.45, 2.75) is 53.0 Å². The minimum atomic E-state index is 0.128. The van der Waals surface area contributed by atoms with Crippen LogP contribution in [0.4, 0.5) is 0 Å². The summed E-state index contributed by atoms with van der Waals surface area (Å²) in [6, 6.07) is 7.15. The predicted molar refractivity (Wildman–Crippen MR) is 85.4 cm³/mol. The minimum Gasteiger partial charge on any atom is -0.492 e. The Morgan fingerprint density at radius 3 is 2.55 bits per heavy atom. The van der Waals surface area contributed by atoms with E-state index in [0.717, 1.165) is 18.9 Å². The lowest BCUT2D eigenvalue weighted by Gasteiger charge is -2.29. The third kappa shape index (κ3) is 2.85. The number of benzene rings is 1. The molecule has 20 heavy (non-hydrogen) atoms. The summed E-state index contributed by atoms with van der Waals surface area (Å²) in [6.45, 7) is 15.4. The van der Waals surface area contributed by atoms with Crippen LogP contribution in [-0.4, -0.2) is 13.2 Å². The lowest BCUT2D eigenvalue weighted by Crippen LogP contribution is -2.29. The molecule has 1 aliphatic heterocycles. The van der Waals surface area contributed by atoms with E-state index < -0.39 is 0 Å². The zero-order chi connectivity index (χ0) is 14.9. The molecule has 2 atom stereocenters. The molecular formula is C18H29NO. The number of hydrogen-bond donors (Lipinski definition) is 1. The molecule has 1 heterocycles. The lowest BCUT2D eigenvalue weighted by molar-refractivity contribution is 0.291. The largest absolute Gasteiger partial charge is 0.492 e. The van der Waals surface area contributed by atoms with Crippen molar-refractivity contribution in [2.24, 2.45) is 11.8 Å². The van der Waals surface area contributed by atoms with Crippen molar-refractivity contribution >= 4 is 0 Å². The van der Waals surface area contributed by atoms with Crippen LogP contribution < -0.4 is 10.1 Å². The molecule has 0 amide bonds. The Bertz CT molecular complexity index is 464. The maximum atomic E-state index is 5.80. The Morgan fingerprint density at radius 2 is 1.95 bits per heavy atom. The molecule has 0 saturated heterocycles. The van der Waals surface area contributed by atoms with Gasteiger partial charge in [-0.3, -0.25) is 0 Å². The second-order valence-corrected chi connectivity index (χ2v) is 7.07. The first kappa shape index (κ1) is 15.4. The van der Waals surface area contributed by atoms with Crippen LogP contribution in [0.1, 0.15) is 58.7 Å². The summed E-state index contributed by atoms with van der Waals surface area (Å²) in [7, 11) is 0. The van der Waals surface area contributed by atoms with Gasteiger partial charge in [-0.1, -0.05) is 47.6 Å². The number of nitrogens with one attached hydrogen (secondary N) is 1. The molecule has 1 aromatic carbocycles. The van der Waals surface area contributed by atoms with Gasteiger partial charge in [-0.2, -0.15) is 0 Å². The summed E-state index contributed by atoms with van der Waals surface area (Å²) in [5.74, 6) is 2.33. The highest BCUT2D eigenvalue weighted by Gasteiger charge is 2.33. The molecule has 0 aromatic heterocycles. The Labute approximate surface area is 123 Å². The number of ether oxygens (including phenoxy) is 1. The van der Waals surface area contributed by atoms with Crippen LogP contribution in [-0.2, 0) is 5.41 Å². The molecule has 0 aliphatic carbocycles. The molecule has 0 radical (unpaired) electrons. The summed E-state index contributed by atoms with van der Waals surface area (Å²) in [4.78, 5) is 0. The van der Waals surface area contributed by atoms with Gasteiger partial charge >= 0.3 is 0 Å². The van der Waals surface area contributed by atoms with Gasteiger partial charge < -0.3 is 10.1 Å². The minimum absolute atomic E-state index is 0.128. The normalized spacial score (nSPS) is 19.6. The van der Waals surface area contributed by atoms with Crippen molar-refractivity contribution in [3.8, 4) is 5.75 Å². The van der Waals surface area contributed by atoms with Crippen molar-refractivity contribution in [3.63, 3.8) is 0 Å². The molecule has 2 unspecified atom stereocenters. The molecule has 2 heteroatoms.